The second-order valence-electron chi connectivity index (χ2n) is 9.68. The molecule has 0 aromatic heterocycles. The summed E-state index contributed by atoms with van der Waals surface area (Å²) in [6.07, 6.45) is 0.772. The molecular weight excluding hydrogens is 384 g/mol. The molecule has 1 fully saturated rings. The highest BCUT2D eigenvalue weighted by atomic mass is 16.6. The summed E-state index contributed by atoms with van der Waals surface area (Å²) in [5, 5.41) is 3.64. The van der Waals surface area contributed by atoms with Gasteiger partial charge >= 0.3 is 12.1 Å². The van der Waals surface area contributed by atoms with E-state index in [2.05, 4.69) is 10.0 Å². The molecule has 1 aliphatic rings. The van der Waals surface area contributed by atoms with E-state index in [0.29, 0.717) is 31.6 Å². The molecule has 2 atom stereocenters. The summed E-state index contributed by atoms with van der Waals surface area (Å²) in [5.41, 5.74) is 8.88. The van der Waals surface area contributed by atoms with Crippen LogP contribution in [0.1, 0.15) is 53.5 Å². The van der Waals surface area contributed by atoms with Gasteiger partial charge in [0.05, 0.1) is 5.92 Å². The van der Waals surface area contributed by atoms with E-state index in [4.69, 9.17) is 15.0 Å². The van der Waals surface area contributed by atoms with Gasteiger partial charge in [-0.1, -0.05) is 23.3 Å². The highest BCUT2D eigenvalue weighted by molar-refractivity contribution is 5.74. The maximum Gasteiger partial charge on any atom is 0.410 e. The van der Waals surface area contributed by atoms with Gasteiger partial charge < -0.3 is 14.4 Å². The van der Waals surface area contributed by atoms with Crippen LogP contribution in [0.25, 0.3) is 10.4 Å². The predicted octanol–water partition coefficient (Wildman–Crippen LogP) is 5.39. The Bertz CT molecular complexity index is 819. The van der Waals surface area contributed by atoms with Gasteiger partial charge in [0.2, 0.25) is 0 Å². The highest BCUT2D eigenvalue weighted by Crippen LogP contribution is 2.31. The maximum absolute atomic E-state index is 13.0. The lowest BCUT2D eigenvalue weighted by atomic mass is 9.86. The van der Waals surface area contributed by atoms with Crippen LogP contribution in [0.5, 0.6) is 0 Å². The molecule has 0 bridgehead atoms. The van der Waals surface area contributed by atoms with Crippen molar-refractivity contribution in [2.24, 2.45) is 17.0 Å². The predicted molar refractivity (Wildman–Crippen MR) is 114 cm³/mol. The molecule has 0 radical (unpaired) electrons. The minimum Gasteiger partial charge on any atom is -0.460 e. The fraction of sp³-hybridized carbons (Fsp3) is 0.636. The van der Waals surface area contributed by atoms with E-state index in [1.807, 2.05) is 47.6 Å². The van der Waals surface area contributed by atoms with Gasteiger partial charge in [-0.15, -0.1) is 0 Å². The number of hydrogen-bond donors (Lipinski definition) is 0. The molecule has 0 spiro atoms. The summed E-state index contributed by atoms with van der Waals surface area (Å²) in [6.45, 7) is 12.0. The number of benzene rings is 1. The van der Waals surface area contributed by atoms with Crippen molar-refractivity contribution in [3.05, 3.63) is 40.3 Å². The third kappa shape index (κ3) is 7.26. The molecule has 164 valence electrons. The van der Waals surface area contributed by atoms with Gasteiger partial charge in [0, 0.05) is 23.7 Å². The number of likely N-dealkylation sites (tertiary alicyclic amines) is 1. The molecule has 1 heterocycles. The van der Waals surface area contributed by atoms with Crippen LogP contribution in [-0.2, 0) is 20.7 Å². The first-order chi connectivity index (χ1) is 13.9. The molecule has 0 N–H and O–H groups in total. The first-order valence-electron chi connectivity index (χ1n) is 10.2. The third-order valence-corrected chi connectivity index (χ3v) is 4.68. The van der Waals surface area contributed by atoms with E-state index in [9.17, 15) is 9.59 Å². The topological polar surface area (TPSA) is 105 Å². The third-order valence-electron chi connectivity index (χ3n) is 4.68. The molecule has 1 saturated heterocycles. The van der Waals surface area contributed by atoms with Crippen molar-refractivity contribution < 1.29 is 19.1 Å². The summed E-state index contributed by atoms with van der Waals surface area (Å²) in [4.78, 5) is 29.9. The number of carbonyl (C=O) groups excluding carboxylic acids is 2. The second-order valence-corrected chi connectivity index (χ2v) is 9.68. The molecule has 8 nitrogen and oxygen atoms in total. The smallest absolute Gasteiger partial charge is 0.410 e. The molecule has 1 amide bonds. The van der Waals surface area contributed by atoms with Crippen molar-refractivity contribution in [1.29, 1.82) is 0 Å². The van der Waals surface area contributed by atoms with Crippen LogP contribution in [0, 0.1) is 11.8 Å². The van der Waals surface area contributed by atoms with E-state index >= 15 is 0 Å². The normalized spacial score (nSPS) is 17.8. The summed E-state index contributed by atoms with van der Waals surface area (Å²) >= 11 is 0. The zero-order chi connectivity index (χ0) is 22.5. The second kappa shape index (κ2) is 9.39. The average molecular weight is 417 g/mol. The summed E-state index contributed by atoms with van der Waals surface area (Å²) in [5.74, 6) is -0.749. The number of nitrogens with zero attached hydrogens (tertiary/aromatic N) is 4. The van der Waals surface area contributed by atoms with Crippen LogP contribution >= 0.6 is 0 Å². The van der Waals surface area contributed by atoms with Gasteiger partial charge in [0.15, 0.2) is 0 Å². The number of amides is 1. The molecule has 1 aromatic carbocycles. The molecule has 8 heteroatoms. The van der Waals surface area contributed by atoms with Crippen molar-refractivity contribution in [2.75, 3.05) is 13.1 Å². The van der Waals surface area contributed by atoms with E-state index in [1.54, 1.807) is 23.1 Å². The summed E-state index contributed by atoms with van der Waals surface area (Å²) in [6, 6.07) is 7.19. The molecular formula is C22H32N4O4. The SMILES string of the molecule is CC(C)(C)OC(=O)[C@@H](Cc1cccc(N=[N+]=[N-])c1)[C@H]1CCN(C(=O)OC(C)(C)C)C1. The van der Waals surface area contributed by atoms with Crippen molar-refractivity contribution in [1.82, 2.24) is 4.90 Å². The summed E-state index contributed by atoms with van der Waals surface area (Å²) < 4.78 is 11.2. The highest BCUT2D eigenvalue weighted by Gasteiger charge is 2.39. The number of hydrogen-bond acceptors (Lipinski definition) is 5. The van der Waals surface area contributed by atoms with Crippen molar-refractivity contribution in [2.45, 2.75) is 65.6 Å². The monoisotopic (exact) mass is 416 g/mol. The largest absolute Gasteiger partial charge is 0.460 e. The van der Waals surface area contributed by atoms with Crippen molar-refractivity contribution in [3.8, 4) is 0 Å². The Morgan fingerprint density at radius 3 is 2.47 bits per heavy atom. The van der Waals surface area contributed by atoms with Crippen LogP contribution in [0.4, 0.5) is 10.5 Å². The van der Waals surface area contributed by atoms with Crippen LogP contribution in [0.2, 0.25) is 0 Å². The number of rotatable bonds is 5. The maximum atomic E-state index is 13.0. The van der Waals surface area contributed by atoms with Crippen LogP contribution in [0.15, 0.2) is 29.4 Å². The van der Waals surface area contributed by atoms with E-state index in [-0.39, 0.29) is 18.0 Å². The van der Waals surface area contributed by atoms with E-state index in [0.717, 1.165) is 5.56 Å². The van der Waals surface area contributed by atoms with Crippen LogP contribution < -0.4 is 0 Å². The Hall–Kier alpha value is -2.73. The van der Waals surface area contributed by atoms with Gasteiger partial charge in [0.25, 0.3) is 0 Å². The lowest BCUT2D eigenvalue weighted by Gasteiger charge is -2.28. The van der Waals surface area contributed by atoms with Gasteiger partial charge in [-0.3, -0.25) is 4.79 Å². The minimum atomic E-state index is -0.605. The molecule has 2 rings (SSSR count). The van der Waals surface area contributed by atoms with Crippen molar-refractivity contribution in [3.63, 3.8) is 0 Å². The number of carbonyl (C=O) groups is 2. The van der Waals surface area contributed by atoms with Gasteiger partial charge in [-0.2, -0.15) is 0 Å². The fourth-order valence-corrected chi connectivity index (χ4v) is 3.48. The molecule has 1 aliphatic heterocycles. The van der Waals surface area contributed by atoms with Crippen LogP contribution in [0.3, 0.4) is 0 Å². The van der Waals surface area contributed by atoms with Gasteiger partial charge in [-0.05, 0) is 77.5 Å². The van der Waals surface area contributed by atoms with Gasteiger partial charge in [0.1, 0.15) is 11.2 Å². The van der Waals surface area contributed by atoms with E-state index in [1.165, 1.54) is 0 Å². The molecule has 30 heavy (non-hydrogen) atoms. The average Bonchev–Trinajstić information content (AvgIpc) is 3.07. The molecule has 0 saturated carbocycles. The summed E-state index contributed by atoms with van der Waals surface area (Å²) in [7, 11) is 0. The Kier molecular flexibility index (Phi) is 7.37. The number of azide groups is 1. The Labute approximate surface area is 178 Å². The Morgan fingerprint density at radius 2 is 1.87 bits per heavy atom. The quantitative estimate of drug-likeness (QED) is 0.278. The zero-order valence-corrected chi connectivity index (χ0v) is 18.7. The molecule has 0 aliphatic carbocycles. The number of ether oxygens (including phenoxy) is 2. The van der Waals surface area contributed by atoms with Crippen LogP contribution in [-0.4, -0.2) is 41.3 Å². The lowest BCUT2D eigenvalue weighted by Crippen LogP contribution is -2.38. The Morgan fingerprint density at radius 1 is 1.20 bits per heavy atom. The minimum absolute atomic E-state index is 0.0458. The number of esters is 1. The fourth-order valence-electron chi connectivity index (χ4n) is 3.48. The first kappa shape index (κ1) is 23.5. The molecule has 1 aromatic rings. The lowest BCUT2D eigenvalue weighted by molar-refractivity contribution is -0.161. The van der Waals surface area contributed by atoms with Crippen molar-refractivity contribution >= 4 is 17.7 Å². The zero-order valence-electron chi connectivity index (χ0n) is 18.7. The standard InChI is InChI=1S/C22H32N4O4/c1-21(2,3)29-19(27)18(13-15-8-7-9-17(12-15)24-25-23)16-10-11-26(14-16)20(28)30-22(4,5)6/h7-9,12,16,18H,10-11,13-14H2,1-6H3/t16-,18-/m0/s1. The first-order valence-corrected chi connectivity index (χ1v) is 10.2. The Balaban J connectivity index is 2.20. The van der Waals surface area contributed by atoms with Gasteiger partial charge in [-0.25, -0.2) is 4.79 Å². The molecule has 0 unspecified atom stereocenters. The van der Waals surface area contributed by atoms with E-state index < -0.39 is 17.1 Å².